The number of nitrogens with zero attached hydrogens (tertiary/aromatic N) is 3. The van der Waals surface area contributed by atoms with Crippen molar-refractivity contribution in [2.24, 2.45) is 0 Å². The van der Waals surface area contributed by atoms with Gasteiger partial charge >= 0.3 is 6.09 Å². The third-order valence-electron chi connectivity index (χ3n) is 3.22. The number of carbonyl (C=O) groups is 1. The molecule has 102 valence electrons. The Hall–Kier alpha value is -2.31. The molecule has 1 aliphatic heterocycles. The molecule has 1 saturated heterocycles. The predicted octanol–water partition coefficient (Wildman–Crippen LogP) is 1.70. The molecule has 1 N–H and O–H groups in total. The summed E-state index contributed by atoms with van der Waals surface area (Å²) in [5.74, 6) is 0. The predicted molar refractivity (Wildman–Crippen MR) is 69.6 cm³/mol. The Morgan fingerprint density at radius 1 is 1.32 bits per heavy atom. The van der Waals surface area contributed by atoms with Crippen molar-refractivity contribution in [3.8, 4) is 0 Å². The first-order chi connectivity index (χ1) is 8.99. The second-order valence-electron chi connectivity index (χ2n) is 4.51. The van der Waals surface area contributed by atoms with Gasteiger partial charge in [0.1, 0.15) is 5.69 Å². The van der Waals surface area contributed by atoms with Crippen LogP contribution in [0.1, 0.15) is 5.56 Å². The van der Waals surface area contributed by atoms with E-state index in [0.29, 0.717) is 31.9 Å². The molecular formula is C12H15N3O4. The molecule has 1 amide bonds. The Kier molecular flexibility index (Phi) is 3.55. The Bertz CT molecular complexity index is 510. The van der Waals surface area contributed by atoms with Crippen molar-refractivity contribution in [3.05, 3.63) is 33.9 Å². The van der Waals surface area contributed by atoms with Gasteiger partial charge in [0.15, 0.2) is 0 Å². The van der Waals surface area contributed by atoms with Gasteiger partial charge in [-0.05, 0) is 18.6 Å². The van der Waals surface area contributed by atoms with Crippen molar-refractivity contribution in [3.63, 3.8) is 0 Å². The fourth-order valence-corrected chi connectivity index (χ4v) is 2.19. The number of aryl methyl sites for hydroxylation is 1. The number of amides is 1. The summed E-state index contributed by atoms with van der Waals surface area (Å²) in [5.41, 5.74) is 1.46. The van der Waals surface area contributed by atoms with Crippen LogP contribution in [0.4, 0.5) is 16.2 Å². The first-order valence-electron chi connectivity index (χ1n) is 5.97. The molecule has 0 aromatic heterocycles. The Balaban J connectivity index is 2.20. The fourth-order valence-electron chi connectivity index (χ4n) is 2.19. The monoisotopic (exact) mass is 265 g/mol. The van der Waals surface area contributed by atoms with E-state index >= 15 is 0 Å². The van der Waals surface area contributed by atoms with E-state index in [2.05, 4.69) is 0 Å². The maximum absolute atomic E-state index is 11.1. The number of nitro benzene ring substituents is 1. The van der Waals surface area contributed by atoms with Gasteiger partial charge in [0, 0.05) is 32.2 Å². The lowest BCUT2D eigenvalue weighted by molar-refractivity contribution is -0.384. The smallest absolute Gasteiger partial charge is 0.407 e. The average molecular weight is 265 g/mol. The van der Waals surface area contributed by atoms with Crippen molar-refractivity contribution in [1.82, 2.24) is 4.90 Å². The minimum atomic E-state index is -0.946. The van der Waals surface area contributed by atoms with Gasteiger partial charge in [-0.2, -0.15) is 0 Å². The lowest BCUT2D eigenvalue weighted by atomic mass is 10.1. The second kappa shape index (κ2) is 5.13. The highest BCUT2D eigenvalue weighted by molar-refractivity contribution is 5.67. The largest absolute Gasteiger partial charge is 0.465 e. The summed E-state index contributed by atoms with van der Waals surface area (Å²) in [6.07, 6.45) is -0.946. The minimum absolute atomic E-state index is 0.0729. The van der Waals surface area contributed by atoms with Crippen molar-refractivity contribution < 1.29 is 14.8 Å². The van der Waals surface area contributed by atoms with Gasteiger partial charge in [0.2, 0.25) is 0 Å². The van der Waals surface area contributed by atoms with Crippen LogP contribution < -0.4 is 4.90 Å². The maximum Gasteiger partial charge on any atom is 0.407 e. The molecule has 19 heavy (non-hydrogen) atoms. The van der Waals surface area contributed by atoms with Crippen molar-refractivity contribution >= 4 is 17.5 Å². The van der Waals surface area contributed by atoms with Crippen LogP contribution in [0.2, 0.25) is 0 Å². The van der Waals surface area contributed by atoms with Gasteiger partial charge in [-0.3, -0.25) is 10.1 Å². The standard InChI is InChI=1S/C12H15N3O4/c1-9-2-3-10(11(8-9)15(18)19)13-4-6-14(7-5-13)12(16)17/h2-3,8H,4-7H2,1H3,(H,16,17). The van der Waals surface area contributed by atoms with Crippen LogP contribution in [-0.2, 0) is 0 Å². The molecule has 1 fully saturated rings. The van der Waals surface area contributed by atoms with Gasteiger partial charge in [-0.1, -0.05) is 6.07 Å². The minimum Gasteiger partial charge on any atom is -0.465 e. The SMILES string of the molecule is Cc1ccc(N2CCN(C(=O)O)CC2)c([N+](=O)[O-])c1. The van der Waals surface area contributed by atoms with Crippen molar-refractivity contribution in [2.75, 3.05) is 31.1 Å². The van der Waals surface area contributed by atoms with Crippen LogP contribution in [0.5, 0.6) is 0 Å². The van der Waals surface area contributed by atoms with E-state index in [1.807, 2.05) is 11.0 Å². The normalized spacial score (nSPS) is 15.4. The Morgan fingerprint density at radius 2 is 1.95 bits per heavy atom. The summed E-state index contributed by atoms with van der Waals surface area (Å²) in [6.45, 7) is 3.46. The van der Waals surface area contributed by atoms with E-state index in [9.17, 15) is 14.9 Å². The molecule has 0 bridgehead atoms. The molecule has 1 aromatic rings. The summed E-state index contributed by atoms with van der Waals surface area (Å²) < 4.78 is 0. The first-order valence-corrected chi connectivity index (χ1v) is 5.97. The van der Waals surface area contributed by atoms with E-state index < -0.39 is 11.0 Å². The summed E-state index contributed by atoms with van der Waals surface area (Å²) in [5, 5.41) is 19.9. The molecule has 1 heterocycles. The second-order valence-corrected chi connectivity index (χ2v) is 4.51. The summed E-state index contributed by atoms with van der Waals surface area (Å²) in [7, 11) is 0. The molecule has 0 unspecified atom stereocenters. The average Bonchev–Trinajstić information content (AvgIpc) is 2.38. The third kappa shape index (κ3) is 2.75. The summed E-state index contributed by atoms with van der Waals surface area (Å²) in [4.78, 5) is 24.7. The number of hydrogen-bond donors (Lipinski definition) is 1. The van der Waals surface area contributed by atoms with Gasteiger partial charge in [-0.15, -0.1) is 0 Å². The van der Waals surface area contributed by atoms with Crippen LogP contribution in [0.15, 0.2) is 18.2 Å². The lowest BCUT2D eigenvalue weighted by Crippen LogP contribution is -2.48. The topological polar surface area (TPSA) is 86.9 Å². The number of nitro groups is 1. The molecule has 2 rings (SSSR count). The Morgan fingerprint density at radius 3 is 2.47 bits per heavy atom. The highest BCUT2D eigenvalue weighted by Crippen LogP contribution is 2.29. The summed E-state index contributed by atoms with van der Waals surface area (Å²) >= 11 is 0. The molecule has 0 aliphatic carbocycles. The van der Waals surface area contributed by atoms with E-state index in [4.69, 9.17) is 5.11 Å². The van der Waals surface area contributed by atoms with Crippen LogP contribution in [0.3, 0.4) is 0 Å². The van der Waals surface area contributed by atoms with Crippen LogP contribution >= 0.6 is 0 Å². The Labute approximate surface area is 110 Å². The van der Waals surface area contributed by atoms with Crippen LogP contribution in [0, 0.1) is 17.0 Å². The highest BCUT2D eigenvalue weighted by Gasteiger charge is 2.25. The molecule has 7 nitrogen and oxygen atoms in total. The highest BCUT2D eigenvalue weighted by atomic mass is 16.6. The van der Waals surface area contributed by atoms with Crippen LogP contribution in [0.25, 0.3) is 0 Å². The van der Waals surface area contributed by atoms with Crippen molar-refractivity contribution in [1.29, 1.82) is 0 Å². The van der Waals surface area contributed by atoms with Gasteiger partial charge in [-0.25, -0.2) is 4.79 Å². The zero-order chi connectivity index (χ0) is 14.0. The molecule has 0 spiro atoms. The van der Waals surface area contributed by atoms with Gasteiger partial charge in [0.25, 0.3) is 5.69 Å². The molecule has 1 aliphatic rings. The molecule has 0 atom stereocenters. The quantitative estimate of drug-likeness (QED) is 0.649. The van der Waals surface area contributed by atoms with Crippen LogP contribution in [-0.4, -0.2) is 47.2 Å². The van der Waals surface area contributed by atoms with E-state index in [1.165, 1.54) is 4.90 Å². The number of carboxylic acid groups (broad SMARTS) is 1. The maximum atomic E-state index is 11.1. The molecule has 0 radical (unpaired) electrons. The number of benzene rings is 1. The number of anilines is 1. The van der Waals surface area contributed by atoms with E-state index in [-0.39, 0.29) is 5.69 Å². The summed E-state index contributed by atoms with van der Waals surface area (Å²) in [6, 6.07) is 5.09. The van der Waals surface area contributed by atoms with E-state index in [0.717, 1.165) is 5.56 Å². The number of rotatable bonds is 2. The fraction of sp³-hybridized carbons (Fsp3) is 0.417. The molecule has 1 aromatic carbocycles. The molecule has 7 heteroatoms. The number of piperazine rings is 1. The molecular weight excluding hydrogens is 250 g/mol. The van der Waals surface area contributed by atoms with Crippen molar-refractivity contribution in [2.45, 2.75) is 6.92 Å². The molecule has 0 saturated carbocycles. The number of hydrogen-bond acceptors (Lipinski definition) is 4. The first kappa shape index (κ1) is 13.1. The lowest BCUT2D eigenvalue weighted by Gasteiger charge is -2.34. The zero-order valence-electron chi connectivity index (χ0n) is 10.6. The van der Waals surface area contributed by atoms with Gasteiger partial charge in [0.05, 0.1) is 4.92 Å². The van der Waals surface area contributed by atoms with E-state index in [1.54, 1.807) is 19.1 Å². The zero-order valence-corrected chi connectivity index (χ0v) is 10.6. The third-order valence-corrected chi connectivity index (χ3v) is 3.22. The van der Waals surface area contributed by atoms with Gasteiger partial charge < -0.3 is 14.9 Å².